The van der Waals surface area contributed by atoms with Gasteiger partial charge in [-0.1, -0.05) is 99.4 Å². The van der Waals surface area contributed by atoms with Gasteiger partial charge in [-0.2, -0.15) is 0 Å². The Kier molecular flexibility index (Phi) is 29.4. The quantitative estimate of drug-likeness (QED) is 0.0225. The predicted molar refractivity (Wildman–Crippen MR) is 432 cm³/mol. The Bertz CT molecular complexity index is 4450. The van der Waals surface area contributed by atoms with Gasteiger partial charge >= 0.3 is 0 Å². The molecule has 0 saturated carbocycles. The molecule has 0 spiro atoms. The van der Waals surface area contributed by atoms with Crippen LogP contribution in [0.15, 0.2) is 88.3 Å². The van der Waals surface area contributed by atoms with Crippen LogP contribution in [0.25, 0.3) is 20.4 Å². The molecule has 0 aliphatic carbocycles. The van der Waals surface area contributed by atoms with Gasteiger partial charge in [0, 0.05) is 73.5 Å². The van der Waals surface area contributed by atoms with E-state index in [1.165, 1.54) is 4.90 Å². The topological polar surface area (TPSA) is 321 Å². The number of fused-ring (bicyclic) bond motifs is 6. The van der Waals surface area contributed by atoms with E-state index in [0.29, 0.717) is 33.3 Å². The Morgan fingerprint density at radius 1 is 0.571 bits per heavy atom. The summed E-state index contributed by atoms with van der Waals surface area (Å²) in [7, 11) is 0. The number of benzene rings is 3. The van der Waals surface area contributed by atoms with Gasteiger partial charge in [-0.05, 0) is 107 Å². The molecule has 112 heavy (non-hydrogen) atoms. The zero-order valence-electron chi connectivity index (χ0n) is 65.4. The number of β-amino-alcohol motifs (C(OH)–C–C–N with tert-alkyl or cyclic N) is 1. The Morgan fingerprint density at radius 2 is 1.02 bits per heavy atom. The van der Waals surface area contributed by atoms with E-state index in [2.05, 4.69) is 74.3 Å². The number of aromatic nitrogens is 7. The molecule has 1 saturated heterocycles. The number of thiophene rings is 2. The summed E-state index contributed by atoms with van der Waals surface area (Å²) in [5.74, 6) is 0.671. The number of hydrogen-bond donors (Lipinski definition) is 5. The molecule has 0 unspecified atom stereocenters. The highest BCUT2D eigenvalue weighted by atomic mass is 35.5. The van der Waals surface area contributed by atoms with E-state index >= 15 is 0 Å². The van der Waals surface area contributed by atoms with Crippen LogP contribution in [0.2, 0.25) is 10.0 Å². The number of thiazole rings is 1. The second-order valence-electron chi connectivity index (χ2n) is 29.7. The predicted octanol–water partition coefficient (Wildman–Crippen LogP) is 10.5. The van der Waals surface area contributed by atoms with E-state index in [0.717, 1.165) is 86.3 Å². The zero-order valence-corrected chi connectivity index (χ0v) is 69.4. The number of aliphatic imine (C=N–C) groups is 2. The third-order valence-corrected chi connectivity index (χ3v) is 23.6. The number of carbonyl (C=O) groups excluding carboxylic acids is 5. The highest BCUT2D eigenvalue weighted by Crippen LogP contribution is 2.42. The lowest BCUT2D eigenvalue weighted by molar-refractivity contribution is -0.145. The molecule has 27 nitrogen and oxygen atoms in total. The number of nitrogens with zero attached hydrogens (tertiary/aromatic N) is 10. The van der Waals surface area contributed by atoms with Crippen molar-refractivity contribution in [3.63, 3.8) is 0 Å². The van der Waals surface area contributed by atoms with Crippen molar-refractivity contribution in [1.29, 1.82) is 0 Å². The largest absolute Gasteiger partial charge is 0.391 e. The van der Waals surface area contributed by atoms with E-state index < -0.39 is 71.5 Å². The van der Waals surface area contributed by atoms with Crippen LogP contribution >= 0.6 is 57.2 Å². The number of ether oxygens (including phenoxy) is 7. The maximum atomic E-state index is 14.6. The fraction of sp³-hybridized carbons (Fsp3) is 0.500. The van der Waals surface area contributed by atoms with Crippen LogP contribution in [0.1, 0.15) is 150 Å². The van der Waals surface area contributed by atoms with E-state index in [1.807, 2.05) is 137 Å². The summed E-state index contributed by atoms with van der Waals surface area (Å²) in [6.07, 6.45) is -0.839. The number of aliphatic hydroxyl groups excluding tert-OH is 1. The third-order valence-electron chi connectivity index (χ3n) is 19.7. The van der Waals surface area contributed by atoms with Crippen molar-refractivity contribution in [3.05, 3.63) is 166 Å². The van der Waals surface area contributed by atoms with Crippen LogP contribution in [0.4, 0.5) is 0 Å². The van der Waals surface area contributed by atoms with Crippen molar-refractivity contribution in [2.75, 3.05) is 112 Å². The number of hydrogen-bond acceptors (Lipinski definition) is 23. The van der Waals surface area contributed by atoms with Crippen LogP contribution in [0.5, 0.6) is 0 Å². The van der Waals surface area contributed by atoms with Gasteiger partial charge in [0.25, 0.3) is 0 Å². The highest BCUT2D eigenvalue weighted by molar-refractivity contribution is 7.15. The molecular weight excluding hydrogens is 1530 g/mol. The lowest BCUT2D eigenvalue weighted by Gasteiger charge is -2.35. The number of halogens is 2. The number of amides is 5. The van der Waals surface area contributed by atoms with Gasteiger partial charge in [0.2, 0.25) is 29.5 Å². The van der Waals surface area contributed by atoms with Crippen molar-refractivity contribution in [2.45, 2.75) is 139 Å². The summed E-state index contributed by atoms with van der Waals surface area (Å²) in [5.41, 5.74) is 10.5. The number of aliphatic hydroxyl groups is 1. The van der Waals surface area contributed by atoms with E-state index in [4.69, 9.17) is 66.3 Å². The second kappa shape index (κ2) is 38.8. The van der Waals surface area contributed by atoms with Crippen molar-refractivity contribution in [2.24, 2.45) is 20.8 Å². The van der Waals surface area contributed by atoms with Gasteiger partial charge in [0.15, 0.2) is 11.6 Å². The fourth-order valence-corrected chi connectivity index (χ4v) is 17.0. The van der Waals surface area contributed by atoms with E-state index in [9.17, 15) is 29.1 Å². The molecule has 5 N–H and O–H groups in total. The number of nitrogens with one attached hydrogen (secondary N) is 4. The van der Waals surface area contributed by atoms with Gasteiger partial charge in [0.05, 0.1) is 138 Å². The van der Waals surface area contributed by atoms with Crippen molar-refractivity contribution >= 4 is 98.2 Å². The molecule has 8 aromatic rings. The van der Waals surface area contributed by atoms with Crippen LogP contribution in [-0.2, 0) is 57.1 Å². The first-order chi connectivity index (χ1) is 53.7. The molecule has 3 aliphatic rings. The Balaban J connectivity index is 0.626. The monoisotopic (exact) mass is 1630 g/mol. The molecule has 3 aliphatic heterocycles. The average Bonchev–Trinajstić information content (AvgIpc) is 1.59. The van der Waals surface area contributed by atoms with Gasteiger partial charge < -0.3 is 64.4 Å². The number of rotatable bonds is 38. The summed E-state index contributed by atoms with van der Waals surface area (Å²) in [6, 6.07) is 19.3. The van der Waals surface area contributed by atoms with E-state index in [-0.39, 0.29) is 137 Å². The molecule has 600 valence electrons. The summed E-state index contributed by atoms with van der Waals surface area (Å²) in [5, 5.41) is 43.8. The van der Waals surface area contributed by atoms with Gasteiger partial charge in [-0.15, -0.1) is 54.4 Å². The van der Waals surface area contributed by atoms with Gasteiger partial charge in [-0.3, -0.25) is 43.1 Å². The Labute approximate surface area is 675 Å². The number of likely N-dealkylation sites (tertiary alicyclic amines) is 1. The first-order valence-corrected chi connectivity index (χ1v) is 40.8. The van der Waals surface area contributed by atoms with Crippen molar-refractivity contribution < 1.29 is 62.2 Å². The van der Waals surface area contributed by atoms with Crippen molar-refractivity contribution in [1.82, 2.24) is 60.7 Å². The first kappa shape index (κ1) is 84.8. The van der Waals surface area contributed by atoms with Crippen LogP contribution in [-0.4, -0.2) is 216 Å². The molecule has 5 aromatic heterocycles. The minimum absolute atomic E-state index is 0.0149. The van der Waals surface area contributed by atoms with Crippen LogP contribution in [0, 0.1) is 59.3 Å². The molecule has 3 aromatic carbocycles. The maximum absolute atomic E-state index is 14.6. The number of aryl methyl sites for hydroxylation is 5. The van der Waals surface area contributed by atoms with Crippen LogP contribution in [0.3, 0.4) is 0 Å². The Morgan fingerprint density at radius 3 is 1.47 bits per heavy atom. The molecule has 5 amide bonds. The standard InChI is InChI=1S/C80H100Cl2N14O13S3/c1-46-50(5)111-77-67(46)69(55-17-21-58(81)22-18-55)87-61(73-92-90-52(7)95(73)77)38-64(98)83-25-27-103-29-31-105-33-35-107-42-80(12,44-109-41-66(100)89-72(79(9,10)11)76(102)94-40-60(97)37-63(94)75(101)86-48(3)54-13-15-57(16-14-54)71-49(4)85-45-110-71)43-108-36-34-106-32-30-104-28-26-84-65(99)39-62-74-93-91-53(8)96(74)78-68(47(2)51(6)112-78)70(88-62)56-19-23-59(82)24-20-56/h13-24,45,48,60-63,72,97H,25-44H2,1-12H3,(H,83,98)(H,84,99)(H,86,101)(H,89,100)/t48-,60+,61-,62-,63-,72+/m0/s1. The molecule has 0 radical (unpaired) electrons. The molecule has 8 heterocycles. The minimum atomic E-state index is -1.08. The smallest absolute Gasteiger partial charge is 0.246 e. The summed E-state index contributed by atoms with van der Waals surface area (Å²) in [6.45, 7) is 26.1. The molecule has 32 heteroatoms. The van der Waals surface area contributed by atoms with Gasteiger partial charge in [0.1, 0.15) is 52.4 Å². The first-order valence-electron chi connectivity index (χ1n) is 37.6. The lowest BCUT2D eigenvalue weighted by atomic mass is 9.85. The molecule has 6 atom stereocenters. The average molecular weight is 1630 g/mol. The summed E-state index contributed by atoms with van der Waals surface area (Å²) in [4.78, 5) is 89.0. The minimum Gasteiger partial charge on any atom is -0.391 e. The molecule has 1 fully saturated rings. The fourth-order valence-electron chi connectivity index (χ4n) is 13.5. The summed E-state index contributed by atoms with van der Waals surface area (Å²) < 4.78 is 45.8. The normalized spacial score (nSPS) is 16.7. The molecular formula is C80H100Cl2N14O13S3. The third kappa shape index (κ3) is 21.3. The van der Waals surface area contributed by atoms with Crippen molar-refractivity contribution in [3.8, 4) is 20.4 Å². The Hall–Kier alpha value is -8.08. The zero-order chi connectivity index (χ0) is 80.0. The SMILES string of the molecule is Cc1ncsc1-c1ccc([C@H](C)NC(=O)[C@@H]2C[C@@H](O)CN2C(=O)[C@@H](NC(=O)COCC(C)(COCCOCCOCCNC(=O)C[C@@H]2N=C(c3ccc(Cl)cc3)c3c(sc(C)c3C)-n3c(C)nnc32)COCCOCCOCCNC(=O)C[C@@H]2N=C(c3ccc(Cl)cc3)c3c(sc(C)c3C)-n3c(C)nnc32)C(C)(C)C)cc1. The van der Waals surface area contributed by atoms with E-state index in [1.54, 1.807) is 39.5 Å². The maximum Gasteiger partial charge on any atom is 0.246 e. The number of carbonyl (C=O) groups is 5. The van der Waals surface area contributed by atoms with Gasteiger partial charge in [-0.25, -0.2) is 4.98 Å². The molecule has 11 rings (SSSR count). The summed E-state index contributed by atoms with van der Waals surface area (Å²) >= 11 is 17.4. The van der Waals surface area contributed by atoms with Crippen LogP contribution < -0.4 is 21.3 Å². The molecule has 0 bridgehead atoms. The highest BCUT2D eigenvalue weighted by Gasteiger charge is 2.45. The lowest BCUT2D eigenvalue weighted by Crippen LogP contribution is -2.58. The second-order valence-corrected chi connectivity index (χ2v) is 33.8.